The third-order valence-corrected chi connectivity index (χ3v) is 4.15. The highest BCUT2D eigenvalue weighted by atomic mass is 19.4. The number of nitrogens with one attached hydrogen (secondary N) is 1. The maximum absolute atomic E-state index is 12.4. The van der Waals surface area contributed by atoms with Crippen LogP contribution in [0.3, 0.4) is 0 Å². The van der Waals surface area contributed by atoms with Crippen LogP contribution in [-0.4, -0.2) is 25.2 Å². The highest BCUT2D eigenvalue weighted by Gasteiger charge is 2.44. The van der Waals surface area contributed by atoms with Crippen LogP contribution in [0.2, 0.25) is 0 Å². The predicted molar refractivity (Wildman–Crippen MR) is 72.3 cm³/mol. The van der Waals surface area contributed by atoms with Crippen LogP contribution in [0.4, 0.5) is 13.2 Å². The van der Waals surface area contributed by atoms with Gasteiger partial charge in [0.05, 0.1) is 7.11 Å². The number of halogens is 3. The van der Waals surface area contributed by atoms with Crippen LogP contribution in [0.25, 0.3) is 0 Å². The first-order valence-electron chi connectivity index (χ1n) is 6.71. The molecule has 3 nitrogen and oxygen atoms in total. The van der Waals surface area contributed by atoms with Crippen molar-refractivity contribution in [3.05, 3.63) is 29.3 Å². The molecule has 1 N–H and O–H groups in total. The Morgan fingerprint density at radius 3 is 2.62 bits per heavy atom. The molecule has 1 aromatic carbocycles. The summed E-state index contributed by atoms with van der Waals surface area (Å²) in [5.74, 6) is -1.23. The maximum atomic E-state index is 12.4. The molecule has 0 aromatic heterocycles. The molecule has 0 radical (unpaired) electrons. The third kappa shape index (κ3) is 2.99. The SMILES string of the molecule is COc1ccc2c(c1)C(C)(C)C(NC(=O)C(F)(F)F)CC2. The van der Waals surface area contributed by atoms with Crippen molar-refractivity contribution in [1.29, 1.82) is 0 Å². The molecule has 6 heteroatoms. The maximum Gasteiger partial charge on any atom is 0.471 e. The highest BCUT2D eigenvalue weighted by Crippen LogP contribution is 2.39. The Morgan fingerprint density at radius 1 is 1.38 bits per heavy atom. The second-order valence-electron chi connectivity index (χ2n) is 5.81. The molecule has 0 saturated carbocycles. The molecular weight excluding hydrogens is 283 g/mol. The van der Waals surface area contributed by atoms with E-state index in [9.17, 15) is 18.0 Å². The lowest BCUT2D eigenvalue weighted by molar-refractivity contribution is -0.175. The van der Waals surface area contributed by atoms with Crippen molar-refractivity contribution in [2.75, 3.05) is 7.11 Å². The third-order valence-electron chi connectivity index (χ3n) is 4.15. The first kappa shape index (κ1) is 15.7. The van der Waals surface area contributed by atoms with Gasteiger partial charge in [0.1, 0.15) is 5.75 Å². The van der Waals surface area contributed by atoms with Gasteiger partial charge in [-0.1, -0.05) is 19.9 Å². The van der Waals surface area contributed by atoms with Crippen LogP contribution in [-0.2, 0) is 16.6 Å². The van der Waals surface area contributed by atoms with E-state index in [0.29, 0.717) is 18.6 Å². The van der Waals surface area contributed by atoms with E-state index < -0.39 is 23.5 Å². The second kappa shape index (κ2) is 5.24. The Balaban J connectivity index is 2.30. The summed E-state index contributed by atoms with van der Waals surface area (Å²) in [5, 5.41) is 2.12. The summed E-state index contributed by atoms with van der Waals surface area (Å²) in [6.45, 7) is 3.68. The predicted octanol–water partition coefficient (Wildman–Crippen LogP) is 2.97. The van der Waals surface area contributed by atoms with Crippen molar-refractivity contribution < 1.29 is 22.7 Å². The van der Waals surface area contributed by atoms with Crippen molar-refractivity contribution in [3.8, 4) is 5.75 Å². The standard InChI is InChI=1S/C15H18F3NO2/c1-14(2)11-8-10(21-3)6-4-9(11)5-7-12(14)19-13(20)15(16,17)18/h4,6,8,12H,5,7H2,1-3H3,(H,19,20). The van der Waals surface area contributed by atoms with Gasteiger partial charge >= 0.3 is 12.1 Å². The molecule has 0 saturated heterocycles. The van der Waals surface area contributed by atoms with Crippen LogP contribution in [0.15, 0.2) is 18.2 Å². The number of methoxy groups -OCH3 is 1. The summed E-state index contributed by atoms with van der Waals surface area (Å²) in [5.41, 5.74) is 1.40. The average molecular weight is 301 g/mol. The second-order valence-corrected chi connectivity index (χ2v) is 5.81. The van der Waals surface area contributed by atoms with E-state index in [1.54, 1.807) is 7.11 Å². The van der Waals surface area contributed by atoms with Crippen LogP contribution >= 0.6 is 0 Å². The van der Waals surface area contributed by atoms with E-state index in [1.807, 2.05) is 32.0 Å². The lowest BCUT2D eigenvalue weighted by Gasteiger charge is -2.41. The minimum Gasteiger partial charge on any atom is -0.497 e. The molecule has 1 aliphatic rings. The van der Waals surface area contributed by atoms with Crippen molar-refractivity contribution in [1.82, 2.24) is 5.32 Å². The molecule has 1 aliphatic carbocycles. The van der Waals surface area contributed by atoms with Crippen LogP contribution < -0.4 is 10.1 Å². The quantitative estimate of drug-likeness (QED) is 0.912. The molecule has 2 rings (SSSR count). The Kier molecular flexibility index (Phi) is 3.91. The number of hydrogen-bond acceptors (Lipinski definition) is 2. The van der Waals surface area contributed by atoms with Gasteiger partial charge in [-0.2, -0.15) is 13.2 Å². The van der Waals surface area contributed by atoms with Crippen LogP contribution in [0, 0.1) is 0 Å². The Morgan fingerprint density at radius 2 is 2.05 bits per heavy atom. The molecule has 0 spiro atoms. The van der Waals surface area contributed by atoms with Gasteiger partial charge in [-0.05, 0) is 36.1 Å². The summed E-state index contributed by atoms with van der Waals surface area (Å²) in [6, 6.07) is 5.04. The molecule has 0 heterocycles. The number of fused-ring (bicyclic) bond motifs is 1. The number of amides is 1. The van der Waals surface area contributed by atoms with E-state index in [4.69, 9.17) is 4.74 Å². The van der Waals surface area contributed by atoms with Gasteiger partial charge in [0.2, 0.25) is 0 Å². The fraction of sp³-hybridized carbons (Fsp3) is 0.533. The van der Waals surface area contributed by atoms with Gasteiger partial charge in [-0.25, -0.2) is 0 Å². The minimum absolute atomic E-state index is 0.480. The largest absolute Gasteiger partial charge is 0.497 e. The zero-order valence-electron chi connectivity index (χ0n) is 12.2. The number of carbonyl (C=O) groups is 1. The van der Waals surface area contributed by atoms with Gasteiger partial charge in [0, 0.05) is 11.5 Å². The van der Waals surface area contributed by atoms with Crippen LogP contribution in [0.1, 0.15) is 31.4 Å². The fourth-order valence-corrected chi connectivity index (χ4v) is 2.84. The van der Waals surface area contributed by atoms with Gasteiger partial charge in [-0.15, -0.1) is 0 Å². The highest BCUT2D eigenvalue weighted by molar-refractivity contribution is 5.82. The van der Waals surface area contributed by atoms with Crippen molar-refractivity contribution in [2.24, 2.45) is 0 Å². The summed E-state index contributed by atoms with van der Waals surface area (Å²) >= 11 is 0. The van der Waals surface area contributed by atoms with Crippen molar-refractivity contribution >= 4 is 5.91 Å². The van der Waals surface area contributed by atoms with Gasteiger partial charge in [0.25, 0.3) is 0 Å². The summed E-state index contributed by atoms with van der Waals surface area (Å²) in [4.78, 5) is 11.2. The van der Waals surface area contributed by atoms with E-state index in [1.165, 1.54) is 0 Å². The van der Waals surface area contributed by atoms with E-state index in [2.05, 4.69) is 5.32 Å². The molecule has 21 heavy (non-hydrogen) atoms. The number of benzene rings is 1. The van der Waals surface area contributed by atoms with Gasteiger partial charge < -0.3 is 10.1 Å². The zero-order valence-corrected chi connectivity index (χ0v) is 12.2. The molecule has 1 atom stereocenters. The Labute approximate surface area is 121 Å². The van der Waals surface area contributed by atoms with Gasteiger partial charge in [-0.3, -0.25) is 4.79 Å². The molecule has 1 unspecified atom stereocenters. The van der Waals surface area contributed by atoms with Crippen molar-refractivity contribution in [2.45, 2.75) is 44.3 Å². The zero-order chi connectivity index (χ0) is 15.8. The minimum atomic E-state index is -4.86. The fourth-order valence-electron chi connectivity index (χ4n) is 2.84. The molecule has 1 amide bonds. The number of aryl methyl sites for hydroxylation is 1. The Bertz CT molecular complexity index is 552. The summed E-state index contributed by atoms with van der Waals surface area (Å²) in [7, 11) is 1.54. The molecule has 0 fully saturated rings. The Hall–Kier alpha value is -1.72. The first-order valence-corrected chi connectivity index (χ1v) is 6.71. The molecule has 0 bridgehead atoms. The smallest absolute Gasteiger partial charge is 0.471 e. The summed E-state index contributed by atoms with van der Waals surface area (Å²) < 4.78 is 42.5. The lowest BCUT2D eigenvalue weighted by Crippen LogP contribution is -2.53. The van der Waals surface area contributed by atoms with E-state index in [0.717, 1.165) is 11.1 Å². The number of hydrogen-bond donors (Lipinski definition) is 1. The van der Waals surface area contributed by atoms with Gasteiger partial charge in [0.15, 0.2) is 0 Å². The first-order chi connectivity index (χ1) is 9.66. The molecule has 0 aliphatic heterocycles. The average Bonchev–Trinajstić information content (AvgIpc) is 2.40. The lowest BCUT2D eigenvalue weighted by atomic mass is 9.69. The number of alkyl halides is 3. The topological polar surface area (TPSA) is 38.3 Å². The molecule has 116 valence electrons. The number of carbonyl (C=O) groups excluding carboxylic acids is 1. The van der Waals surface area contributed by atoms with E-state index in [-0.39, 0.29) is 0 Å². The van der Waals surface area contributed by atoms with E-state index >= 15 is 0 Å². The van der Waals surface area contributed by atoms with Crippen molar-refractivity contribution in [3.63, 3.8) is 0 Å². The van der Waals surface area contributed by atoms with Crippen LogP contribution in [0.5, 0.6) is 5.75 Å². The normalized spacial score (nSPS) is 20.6. The summed E-state index contributed by atoms with van der Waals surface area (Å²) in [6.07, 6.45) is -3.75. The monoisotopic (exact) mass is 301 g/mol. The molecule has 1 aromatic rings. The number of ether oxygens (including phenoxy) is 1. The number of rotatable bonds is 2. The molecular formula is C15H18F3NO2.